The number of hydrogen-bond acceptors (Lipinski definition) is 5. The highest BCUT2D eigenvalue weighted by Gasteiger charge is 2.19. The zero-order chi connectivity index (χ0) is 25.9. The van der Waals surface area contributed by atoms with Gasteiger partial charge in [0.25, 0.3) is 5.91 Å². The van der Waals surface area contributed by atoms with Crippen molar-refractivity contribution >= 4 is 11.8 Å². The van der Waals surface area contributed by atoms with Crippen LogP contribution in [0, 0.1) is 5.92 Å². The van der Waals surface area contributed by atoms with Crippen LogP contribution >= 0.6 is 0 Å². The van der Waals surface area contributed by atoms with Gasteiger partial charge in [0.05, 0.1) is 14.2 Å². The Bertz CT molecular complexity index is 1130. The van der Waals surface area contributed by atoms with Gasteiger partial charge in [0.1, 0.15) is 12.4 Å². The van der Waals surface area contributed by atoms with E-state index < -0.39 is 0 Å². The summed E-state index contributed by atoms with van der Waals surface area (Å²) >= 11 is 0. The molecule has 0 fully saturated rings. The van der Waals surface area contributed by atoms with Crippen molar-refractivity contribution in [3.8, 4) is 17.2 Å². The fraction of sp³-hybridized carbons (Fsp3) is 0.310. The second-order valence-electron chi connectivity index (χ2n) is 8.66. The van der Waals surface area contributed by atoms with Crippen molar-refractivity contribution in [1.82, 2.24) is 10.2 Å². The van der Waals surface area contributed by atoms with Crippen LogP contribution in [0.1, 0.15) is 35.3 Å². The van der Waals surface area contributed by atoms with E-state index in [1.165, 1.54) is 0 Å². The summed E-state index contributed by atoms with van der Waals surface area (Å²) in [7, 11) is 3.18. The Kier molecular flexibility index (Phi) is 9.74. The fourth-order valence-electron chi connectivity index (χ4n) is 3.67. The van der Waals surface area contributed by atoms with Crippen molar-refractivity contribution < 1.29 is 23.8 Å². The molecule has 0 spiro atoms. The Morgan fingerprint density at radius 3 is 2.22 bits per heavy atom. The van der Waals surface area contributed by atoms with Crippen molar-refractivity contribution in [3.05, 3.63) is 89.5 Å². The van der Waals surface area contributed by atoms with Crippen LogP contribution in [0.2, 0.25) is 0 Å². The maximum Gasteiger partial charge on any atom is 0.251 e. The second-order valence-corrected chi connectivity index (χ2v) is 8.66. The van der Waals surface area contributed by atoms with Crippen LogP contribution in [0.15, 0.2) is 72.8 Å². The summed E-state index contributed by atoms with van der Waals surface area (Å²) in [6, 6.07) is 22.5. The molecule has 190 valence electrons. The summed E-state index contributed by atoms with van der Waals surface area (Å²) in [6.45, 7) is 5.28. The molecular formula is C29H34N2O5. The molecule has 36 heavy (non-hydrogen) atoms. The SMILES string of the molecule is COc1ccc(C(=O)NCCN(Cc2ccc(OCc3ccccc3)c(OC)c2)C(=O)C(C)C)cc1. The smallest absolute Gasteiger partial charge is 0.251 e. The average molecular weight is 491 g/mol. The average Bonchev–Trinajstić information content (AvgIpc) is 2.91. The largest absolute Gasteiger partial charge is 0.497 e. The number of carbonyl (C=O) groups excluding carboxylic acids is 2. The number of hydrogen-bond donors (Lipinski definition) is 1. The first-order chi connectivity index (χ1) is 17.4. The summed E-state index contributed by atoms with van der Waals surface area (Å²) in [6.07, 6.45) is 0. The fourth-order valence-corrected chi connectivity index (χ4v) is 3.67. The van der Waals surface area contributed by atoms with Gasteiger partial charge in [-0.1, -0.05) is 50.2 Å². The number of benzene rings is 3. The number of methoxy groups -OCH3 is 2. The van der Waals surface area contributed by atoms with Gasteiger partial charge in [-0.2, -0.15) is 0 Å². The lowest BCUT2D eigenvalue weighted by molar-refractivity contribution is -0.135. The zero-order valence-electron chi connectivity index (χ0n) is 21.3. The molecule has 0 heterocycles. The predicted octanol–water partition coefficient (Wildman–Crippen LogP) is 4.70. The lowest BCUT2D eigenvalue weighted by Gasteiger charge is -2.25. The van der Waals surface area contributed by atoms with E-state index in [-0.39, 0.29) is 17.7 Å². The molecule has 3 rings (SSSR count). The highest BCUT2D eigenvalue weighted by atomic mass is 16.5. The van der Waals surface area contributed by atoms with E-state index in [0.29, 0.717) is 49.1 Å². The standard InChI is InChI=1S/C29H34N2O5/c1-21(2)29(33)31(17-16-30-28(32)24-11-13-25(34-3)14-12-24)19-23-10-15-26(27(18-23)35-4)36-20-22-8-6-5-7-9-22/h5-15,18,21H,16-17,19-20H2,1-4H3,(H,30,32). The molecule has 0 aliphatic rings. The first-order valence-electron chi connectivity index (χ1n) is 12.0. The van der Waals surface area contributed by atoms with Gasteiger partial charge >= 0.3 is 0 Å². The Hall–Kier alpha value is -4.00. The molecule has 7 heteroatoms. The van der Waals surface area contributed by atoms with Crippen molar-refractivity contribution in [2.45, 2.75) is 27.0 Å². The highest BCUT2D eigenvalue weighted by Crippen LogP contribution is 2.29. The Balaban J connectivity index is 1.63. The van der Waals surface area contributed by atoms with Crippen LogP contribution in [0.4, 0.5) is 0 Å². The maximum absolute atomic E-state index is 12.9. The molecule has 0 aliphatic heterocycles. The van der Waals surface area contributed by atoms with Crippen LogP contribution in [-0.4, -0.2) is 44.0 Å². The van der Waals surface area contributed by atoms with E-state index in [2.05, 4.69) is 5.32 Å². The first kappa shape index (κ1) is 26.6. The molecule has 0 unspecified atom stereocenters. The van der Waals surface area contributed by atoms with Gasteiger partial charge in [0.15, 0.2) is 11.5 Å². The molecule has 2 amide bonds. The van der Waals surface area contributed by atoms with Crippen LogP contribution in [0.5, 0.6) is 17.2 Å². The molecule has 3 aromatic rings. The molecule has 3 aromatic carbocycles. The molecule has 1 N–H and O–H groups in total. The Morgan fingerprint density at radius 1 is 0.861 bits per heavy atom. The van der Waals surface area contributed by atoms with E-state index in [9.17, 15) is 9.59 Å². The molecular weight excluding hydrogens is 456 g/mol. The minimum absolute atomic E-state index is 0.0112. The highest BCUT2D eigenvalue weighted by molar-refractivity contribution is 5.94. The van der Waals surface area contributed by atoms with E-state index in [1.54, 1.807) is 43.4 Å². The summed E-state index contributed by atoms with van der Waals surface area (Å²) in [5, 5.41) is 2.89. The minimum Gasteiger partial charge on any atom is -0.497 e. The summed E-state index contributed by atoms with van der Waals surface area (Å²) < 4.78 is 16.6. The van der Waals surface area contributed by atoms with E-state index in [4.69, 9.17) is 14.2 Å². The van der Waals surface area contributed by atoms with Gasteiger partial charge in [-0.15, -0.1) is 0 Å². The predicted molar refractivity (Wildman–Crippen MR) is 139 cm³/mol. The molecule has 7 nitrogen and oxygen atoms in total. The third-order valence-corrected chi connectivity index (χ3v) is 5.66. The maximum atomic E-state index is 12.9. The van der Waals surface area contributed by atoms with Gasteiger partial charge in [-0.3, -0.25) is 9.59 Å². The number of nitrogens with zero attached hydrogens (tertiary/aromatic N) is 1. The molecule has 0 saturated heterocycles. The van der Waals surface area contributed by atoms with Crippen LogP contribution < -0.4 is 19.5 Å². The molecule has 0 radical (unpaired) electrons. The van der Waals surface area contributed by atoms with E-state index in [1.807, 2.05) is 62.4 Å². The van der Waals surface area contributed by atoms with Gasteiger partial charge < -0.3 is 24.4 Å². The summed E-state index contributed by atoms with van der Waals surface area (Å²) in [4.78, 5) is 27.1. The van der Waals surface area contributed by atoms with Crippen molar-refractivity contribution in [1.29, 1.82) is 0 Å². The third kappa shape index (κ3) is 7.50. The zero-order valence-corrected chi connectivity index (χ0v) is 21.3. The van der Waals surface area contributed by atoms with Crippen molar-refractivity contribution in [2.75, 3.05) is 27.3 Å². The number of carbonyl (C=O) groups is 2. The van der Waals surface area contributed by atoms with Crippen molar-refractivity contribution in [2.24, 2.45) is 5.92 Å². The molecule has 0 saturated carbocycles. The van der Waals surface area contributed by atoms with E-state index >= 15 is 0 Å². The second kappa shape index (κ2) is 13.2. The molecule has 0 atom stereocenters. The van der Waals surface area contributed by atoms with Gasteiger partial charge in [0, 0.05) is 31.1 Å². The van der Waals surface area contributed by atoms with Crippen LogP contribution in [0.3, 0.4) is 0 Å². The number of rotatable bonds is 12. The lowest BCUT2D eigenvalue weighted by atomic mass is 10.1. The molecule has 0 aliphatic carbocycles. The monoisotopic (exact) mass is 490 g/mol. The van der Waals surface area contributed by atoms with Gasteiger partial charge in [-0.05, 0) is 47.5 Å². The van der Waals surface area contributed by atoms with Gasteiger partial charge in [-0.25, -0.2) is 0 Å². The third-order valence-electron chi connectivity index (χ3n) is 5.66. The van der Waals surface area contributed by atoms with Crippen LogP contribution in [-0.2, 0) is 17.9 Å². The Labute approximate surface area is 213 Å². The lowest BCUT2D eigenvalue weighted by Crippen LogP contribution is -2.40. The van der Waals surface area contributed by atoms with Crippen molar-refractivity contribution in [3.63, 3.8) is 0 Å². The first-order valence-corrected chi connectivity index (χ1v) is 12.0. The number of amides is 2. The molecule has 0 bridgehead atoms. The number of ether oxygens (including phenoxy) is 3. The Morgan fingerprint density at radius 2 is 1.58 bits per heavy atom. The normalized spacial score (nSPS) is 10.6. The molecule has 0 aromatic heterocycles. The van der Waals surface area contributed by atoms with Crippen LogP contribution in [0.25, 0.3) is 0 Å². The summed E-state index contributed by atoms with van der Waals surface area (Å²) in [5.74, 6) is 1.57. The van der Waals surface area contributed by atoms with E-state index in [0.717, 1.165) is 11.1 Å². The minimum atomic E-state index is -0.198. The summed E-state index contributed by atoms with van der Waals surface area (Å²) in [5.41, 5.74) is 2.51. The topological polar surface area (TPSA) is 77.1 Å². The quantitative estimate of drug-likeness (QED) is 0.398. The number of nitrogens with one attached hydrogen (secondary N) is 1. The van der Waals surface area contributed by atoms with Gasteiger partial charge in [0.2, 0.25) is 5.91 Å².